The quantitative estimate of drug-likeness (QED) is 0.635. The lowest BCUT2D eigenvalue weighted by Crippen LogP contribution is -2.38. The lowest BCUT2D eigenvalue weighted by molar-refractivity contribution is -0.125. The average Bonchev–Trinajstić information content (AvgIpc) is 2.57. The normalized spacial score (nSPS) is 10.0. The van der Waals surface area contributed by atoms with E-state index in [0.29, 0.717) is 6.54 Å². The molecule has 0 saturated heterocycles. The van der Waals surface area contributed by atoms with E-state index in [0.717, 1.165) is 29.3 Å². The summed E-state index contributed by atoms with van der Waals surface area (Å²) >= 11 is 0. The van der Waals surface area contributed by atoms with Gasteiger partial charge in [-0.3, -0.25) is 9.59 Å². The Morgan fingerprint density at radius 1 is 0.917 bits per heavy atom. The Balaban J connectivity index is 0.00000288. The van der Waals surface area contributed by atoms with Crippen molar-refractivity contribution in [1.29, 1.82) is 0 Å². The average molecular weight is 350 g/mol. The maximum Gasteiger partial charge on any atom is 0.239 e. The van der Waals surface area contributed by atoms with Gasteiger partial charge in [-0.1, -0.05) is 42.5 Å². The van der Waals surface area contributed by atoms with Crippen molar-refractivity contribution in [3.63, 3.8) is 0 Å². The molecule has 0 bridgehead atoms. The van der Waals surface area contributed by atoms with Crippen LogP contribution < -0.4 is 16.0 Å². The lowest BCUT2D eigenvalue weighted by atomic mass is 10.0. The van der Waals surface area contributed by atoms with Crippen molar-refractivity contribution in [3.05, 3.63) is 48.0 Å². The van der Waals surface area contributed by atoms with Gasteiger partial charge in [0.25, 0.3) is 0 Å². The van der Waals surface area contributed by atoms with Crippen molar-refractivity contribution in [2.24, 2.45) is 0 Å². The van der Waals surface area contributed by atoms with Crippen molar-refractivity contribution in [3.8, 4) is 0 Å². The second-order valence-electron chi connectivity index (χ2n) is 5.40. The van der Waals surface area contributed by atoms with Gasteiger partial charge in [0.2, 0.25) is 11.8 Å². The van der Waals surface area contributed by atoms with Gasteiger partial charge in [0, 0.05) is 6.54 Å². The number of rotatable bonds is 8. The molecule has 2 aromatic rings. The number of carbonyl (C=O) groups is 2. The van der Waals surface area contributed by atoms with Gasteiger partial charge in [0.1, 0.15) is 0 Å². The van der Waals surface area contributed by atoms with E-state index in [9.17, 15) is 9.59 Å². The number of halogens is 1. The molecule has 0 aliphatic carbocycles. The molecule has 0 aliphatic rings. The van der Waals surface area contributed by atoms with Crippen LogP contribution >= 0.6 is 12.4 Å². The molecule has 2 rings (SSSR count). The monoisotopic (exact) mass is 349 g/mol. The standard InChI is InChI=1S/C18H23N3O2.ClH/c1-19-10-5-11-20-18(23)13-21-17(22)12-15-8-4-7-14-6-2-3-9-16(14)15;/h2-4,6-9,19H,5,10-13H2,1H3,(H,20,23)(H,21,22);1H. The molecule has 0 aromatic heterocycles. The van der Waals surface area contributed by atoms with Crippen LogP contribution in [-0.4, -0.2) is 38.5 Å². The zero-order valence-corrected chi connectivity index (χ0v) is 14.6. The first-order valence-electron chi connectivity index (χ1n) is 7.85. The van der Waals surface area contributed by atoms with Crippen LogP contribution in [-0.2, 0) is 16.0 Å². The van der Waals surface area contributed by atoms with Crippen molar-refractivity contribution in [2.75, 3.05) is 26.7 Å². The number of fused-ring (bicyclic) bond motifs is 1. The van der Waals surface area contributed by atoms with Crippen LogP contribution in [0.25, 0.3) is 10.8 Å². The van der Waals surface area contributed by atoms with E-state index in [1.54, 1.807) is 0 Å². The molecule has 0 unspecified atom stereocenters. The second-order valence-corrected chi connectivity index (χ2v) is 5.40. The highest BCUT2D eigenvalue weighted by Crippen LogP contribution is 2.18. The third kappa shape index (κ3) is 6.18. The van der Waals surface area contributed by atoms with Gasteiger partial charge < -0.3 is 16.0 Å². The van der Waals surface area contributed by atoms with E-state index in [4.69, 9.17) is 0 Å². The van der Waals surface area contributed by atoms with Gasteiger partial charge in [-0.2, -0.15) is 0 Å². The van der Waals surface area contributed by atoms with Crippen molar-refractivity contribution in [2.45, 2.75) is 12.8 Å². The molecule has 0 radical (unpaired) electrons. The first-order chi connectivity index (χ1) is 11.2. The minimum absolute atomic E-state index is 0. The van der Waals surface area contributed by atoms with Gasteiger partial charge in [0.05, 0.1) is 13.0 Å². The summed E-state index contributed by atoms with van der Waals surface area (Å²) in [5.74, 6) is -0.306. The molecule has 0 fully saturated rings. The lowest BCUT2D eigenvalue weighted by Gasteiger charge is -2.08. The fraction of sp³-hybridized carbons (Fsp3) is 0.333. The summed E-state index contributed by atoms with van der Waals surface area (Å²) in [6, 6.07) is 13.9. The summed E-state index contributed by atoms with van der Waals surface area (Å²) in [6.07, 6.45) is 1.14. The van der Waals surface area contributed by atoms with Gasteiger partial charge in [-0.05, 0) is 36.3 Å². The summed E-state index contributed by atoms with van der Waals surface area (Å²) < 4.78 is 0. The predicted octanol–water partition coefficient (Wildman–Crippen LogP) is 1.65. The van der Waals surface area contributed by atoms with E-state index in [1.165, 1.54) is 0 Å². The fourth-order valence-electron chi connectivity index (χ4n) is 2.42. The van der Waals surface area contributed by atoms with Gasteiger partial charge in [0.15, 0.2) is 0 Å². The van der Waals surface area contributed by atoms with Crippen LogP contribution in [0.2, 0.25) is 0 Å². The minimum Gasteiger partial charge on any atom is -0.355 e. The summed E-state index contributed by atoms with van der Waals surface area (Å²) in [7, 11) is 1.87. The first-order valence-corrected chi connectivity index (χ1v) is 7.85. The Kier molecular flexibility index (Phi) is 8.83. The minimum atomic E-state index is -0.160. The van der Waals surface area contributed by atoms with Crippen LogP contribution in [0.5, 0.6) is 0 Å². The Bertz CT molecular complexity index is 671. The van der Waals surface area contributed by atoms with Crippen molar-refractivity contribution in [1.82, 2.24) is 16.0 Å². The highest BCUT2D eigenvalue weighted by Gasteiger charge is 2.08. The maximum atomic E-state index is 12.0. The summed E-state index contributed by atoms with van der Waals surface area (Å²) in [5.41, 5.74) is 0.968. The third-order valence-corrected chi connectivity index (χ3v) is 3.60. The maximum absolute atomic E-state index is 12.0. The van der Waals surface area contributed by atoms with Crippen LogP contribution in [0.4, 0.5) is 0 Å². The molecular formula is C18H24ClN3O2. The number of carbonyl (C=O) groups excluding carboxylic acids is 2. The predicted molar refractivity (Wildman–Crippen MR) is 99.5 cm³/mol. The van der Waals surface area contributed by atoms with E-state index < -0.39 is 0 Å². The number of hydrogen-bond donors (Lipinski definition) is 3. The molecule has 0 atom stereocenters. The molecule has 0 heterocycles. The van der Waals surface area contributed by atoms with Crippen molar-refractivity contribution < 1.29 is 9.59 Å². The van der Waals surface area contributed by atoms with Gasteiger partial charge in [-0.15, -0.1) is 12.4 Å². The molecule has 6 heteroatoms. The van der Waals surface area contributed by atoms with Crippen LogP contribution in [0.1, 0.15) is 12.0 Å². The van der Waals surface area contributed by atoms with Gasteiger partial charge >= 0.3 is 0 Å². The topological polar surface area (TPSA) is 70.2 Å². The number of amides is 2. The number of nitrogens with one attached hydrogen (secondary N) is 3. The highest BCUT2D eigenvalue weighted by molar-refractivity contribution is 5.91. The van der Waals surface area contributed by atoms with Crippen molar-refractivity contribution >= 4 is 35.0 Å². The summed E-state index contributed by atoms with van der Waals surface area (Å²) in [5, 5.41) is 10.6. The van der Waals surface area contributed by atoms with E-state index in [2.05, 4.69) is 16.0 Å². The molecule has 130 valence electrons. The molecule has 0 aliphatic heterocycles. The third-order valence-electron chi connectivity index (χ3n) is 3.60. The fourth-order valence-corrected chi connectivity index (χ4v) is 2.42. The van der Waals surface area contributed by atoms with Crippen LogP contribution in [0.15, 0.2) is 42.5 Å². The van der Waals surface area contributed by atoms with E-state index in [1.807, 2.05) is 49.5 Å². The molecule has 24 heavy (non-hydrogen) atoms. The number of hydrogen-bond acceptors (Lipinski definition) is 3. The van der Waals surface area contributed by atoms with Crippen LogP contribution in [0, 0.1) is 0 Å². The van der Waals surface area contributed by atoms with Crippen LogP contribution in [0.3, 0.4) is 0 Å². The molecule has 3 N–H and O–H groups in total. The Hall–Kier alpha value is -2.11. The SMILES string of the molecule is CNCCCNC(=O)CNC(=O)Cc1cccc2ccccc12.Cl. The molecule has 5 nitrogen and oxygen atoms in total. The molecule has 2 amide bonds. The van der Waals surface area contributed by atoms with Gasteiger partial charge in [-0.25, -0.2) is 0 Å². The van der Waals surface area contributed by atoms with E-state index >= 15 is 0 Å². The summed E-state index contributed by atoms with van der Waals surface area (Å²) in [6.45, 7) is 1.48. The molecular weight excluding hydrogens is 326 g/mol. The molecule has 0 saturated carbocycles. The largest absolute Gasteiger partial charge is 0.355 e. The Morgan fingerprint density at radius 2 is 1.67 bits per heavy atom. The summed E-state index contributed by atoms with van der Waals surface area (Å²) in [4.78, 5) is 23.7. The Labute approximate surface area is 148 Å². The van der Waals surface area contributed by atoms with E-state index in [-0.39, 0.29) is 37.2 Å². The second kappa shape index (κ2) is 10.6. The zero-order chi connectivity index (χ0) is 16.5. The zero-order valence-electron chi connectivity index (χ0n) is 13.8. The smallest absolute Gasteiger partial charge is 0.239 e. The highest BCUT2D eigenvalue weighted by atomic mass is 35.5. The molecule has 0 spiro atoms. The number of benzene rings is 2. The molecule has 2 aromatic carbocycles. The Morgan fingerprint density at radius 3 is 2.46 bits per heavy atom. The first kappa shape index (κ1) is 19.9.